The van der Waals surface area contributed by atoms with Crippen LogP contribution in [0.1, 0.15) is 90.9 Å². The Bertz CT molecular complexity index is 2600. The summed E-state index contributed by atoms with van der Waals surface area (Å²) in [6.45, 7) is 12.2. The van der Waals surface area contributed by atoms with E-state index in [9.17, 15) is 14.7 Å². The van der Waals surface area contributed by atoms with E-state index in [0.29, 0.717) is 57.8 Å². The summed E-state index contributed by atoms with van der Waals surface area (Å²) < 4.78 is 14.5. The molecular weight excluding hydrogens is 717 g/mol. The van der Waals surface area contributed by atoms with Gasteiger partial charge in [-0.15, -0.1) is 0 Å². The van der Waals surface area contributed by atoms with E-state index >= 15 is 0 Å². The van der Waals surface area contributed by atoms with Crippen LogP contribution in [-0.4, -0.2) is 44.1 Å². The normalized spacial score (nSPS) is 14.3. The van der Waals surface area contributed by atoms with Crippen LogP contribution in [0.4, 0.5) is 11.6 Å². The first-order chi connectivity index (χ1) is 27.3. The molecule has 1 unspecified atom stereocenters. The van der Waals surface area contributed by atoms with Crippen molar-refractivity contribution in [2.24, 2.45) is 0 Å². The second-order valence-electron chi connectivity index (χ2n) is 16.3. The number of hydrogen-bond acceptors (Lipinski definition) is 8. The Morgan fingerprint density at radius 3 is 2.60 bits per heavy atom. The molecule has 0 saturated carbocycles. The number of amides is 1. The largest absolute Gasteiger partial charge is 0.493 e. The molecule has 57 heavy (non-hydrogen) atoms. The number of aryl methyl sites for hydroxylation is 3. The summed E-state index contributed by atoms with van der Waals surface area (Å²) in [6, 6.07) is 15.5. The average Bonchev–Trinajstić information content (AvgIpc) is 3.17. The lowest BCUT2D eigenvalue weighted by molar-refractivity contribution is -0.603. The van der Waals surface area contributed by atoms with Gasteiger partial charge in [0.2, 0.25) is 11.6 Å². The summed E-state index contributed by atoms with van der Waals surface area (Å²) in [7, 11) is 0. The van der Waals surface area contributed by atoms with Gasteiger partial charge in [-0.25, -0.2) is 14.8 Å². The van der Waals surface area contributed by atoms with Gasteiger partial charge in [-0.05, 0) is 125 Å². The van der Waals surface area contributed by atoms with Crippen LogP contribution >= 0.6 is 0 Å². The minimum absolute atomic E-state index is 0.173. The number of nitrogen functional groups attached to an aromatic ring is 1. The van der Waals surface area contributed by atoms with Gasteiger partial charge in [-0.3, -0.25) is 9.78 Å². The van der Waals surface area contributed by atoms with Crippen LogP contribution in [0, 0.1) is 20.8 Å². The molecule has 0 radical (unpaired) electrons. The maximum absolute atomic E-state index is 13.5. The van der Waals surface area contributed by atoms with E-state index in [1.165, 1.54) is 29.7 Å². The number of aliphatic carboxylic acids is 1. The fourth-order valence-corrected chi connectivity index (χ4v) is 8.62. The highest BCUT2D eigenvalue weighted by molar-refractivity contribution is 6.08. The molecule has 0 fully saturated rings. The highest BCUT2D eigenvalue weighted by atomic mass is 16.5. The fourth-order valence-electron chi connectivity index (χ4n) is 8.62. The second kappa shape index (κ2) is 14.9. The van der Waals surface area contributed by atoms with Gasteiger partial charge >= 0.3 is 5.97 Å². The molecule has 5 heterocycles. The van der Waals surface area contributed by atoms with Crippen LogP contribution in [0.25, 0.3) is 38.6 Å². The molecule has 4 N–H and O–H groups in total. The molecule has 11 heteroatoms. The molecule has 2 aromatic carbocycles. The average molecular weight is 766 g/mol. The molecular formula is C46H49N6O5+. The fraction of sp³-hybridized carbons (Fsp3) is 0.348. The molecule has 1 amide bonds. The van der Waals surface area contributed by atoms with Crippen molar-refractivity contribution in [3.63, 3.8) is 0 Å². The SMILES string of the molecule is Cc1cc2nc(NC(=O)CCc3nc(N)cc(-[n+]4ccc5c(c4C)CCCC5)c3C)ccc2c(-c2ccc3c4c(ccnc24)CCO3)c1C(OC(C)(C)C)C(=O)O. The third kappa shape index (κ3) is 7.28. The molecule has 2 aliphatic rings. The maximum atomic E-state index is 13.5. The van der Waals surface area contributed by atoms with E-state index in [0.717, 1.165) is 58.5 Å². The first-order valence-corrected chi connectivity index (χ1v) is 19.8. The highest BCUT2D eigenvalue weighted by Crippen LogP contribution is 2.45. The number of ether oxygens (including phenoxy) is 2. The zero-order valence-corrected chi connectivity index (χ0v) is 33.5. The van der Waals surface area contributed by atoms with Gasteiger partial charge in [0, 0.05) is 65.1 Å². The predicted molar refractivity (Wildman–Crippen MR) is 221 cm³/mol. The summed E-state index contributed by atoms with van der Waals surface area (Å²) in [5.41, 5.74) is 17.4. The number of carboxylic acids is 1. The number of carboxylic acid groups (broad SMARTS) is 1. The summed E-state index contributed by atoms with van der Waals surface area (Å²) in [5, 5.41) is 15.2. The van der Waals surface area contributed by atoms with Gasteiger partial charge < -0.3 is 25.6 Å². The number of hydrogen-bond donors (Lipinski definition) is 3. The number of nitrogens with one attached hydrogen (secondary N) is 1. The Kier molecular flexibility index (Phi) is 9.89. The molecule has 0 bridgehead atoms. The van der Waals surface area contributed by atoms with E-state index in [2.05, 4.69) is 34.1 Å². The van der Waals surface area contributed by atoms with Gasteiger partial charge in [0.05, 0.1) is 35.0 Å². The van der Waals surface area contributed by atoms with Crippen LogP contribution in [0.5, 0.6) is 5.75 Å². The molecule has 8 rings (SSSR count). The van der Waals surface area contributed by atoms with E-state index in [1.807, 2.05) is 71.0 Å². The van der Waals surface area contributed by atoms with E-state index in [1.54, 1.807) is 12.3 Å². The summed E-state index contributed by atoms with van der Waals surface area (Å²) in [4.78, 5) is 40.9. The number of nitrogens with two attached hydrogens (primary N) is 1. The summed E-state index contributed by atoms with van der Waals surface area (Å²) in [5.74, 6) is 0.230. The zero-order valence-electron chi connectivity index (χ0n) is 33.5. The van der Waals surface area contributed by atoms with Crippen molar-refractivity contribution in [2.75, 3.05) is 17.7 Å². The van der Waals surface area contributed by atoms with Gasteiger partial charge in [0.1, 0.15) is 17.4 Å². The number of nitrogens with zero attached hydrogens (tertiary/aromatic N) is 4. The van der Waals surface area contributed by atoms with E-state index in [-0.39, 0.29) is 12.3 Å². The molecule has 6 aromatic rings. The standard InChI is InChI=1S/C46H48N6O5/c1-25-23-34-31(42(40(25)44(45(54)55)57-46(4,5)6)32-11-14-36-41-29(19-22-56-36)17-20-48-43(32)41)12-15-38(50-34)51-39(53)16-13-33-26(2)35(24-37(47)49-33)52-21-18-28-9-7-8-10-30(28)27(52)3/h11-12,14-15,17-18,20-21,23-24,44H,7-10,13,16,19,22H2,1-6H3,(H3-,47,49,50,51,53,54,55)/p+1. The lowest BCUT2D eigenvalue weighted by Gasteiger charge is -2.29. The van der Waals surface area contributed by atoms with Gasteiger partial charge in [0.15, 0.2) is 18.0 Å². The van der Waals surface area contributed by atoms with E-state index < -0.39 is 17.7 Å². The van der Waals surface area contributed by atoms with Gasteiger partial charge in [-0.1, -0.05) is 0 Å². The van der Waals surface area contributed by atoms with Crippen LogP contribution in [0.3, 0.4) is 0 Å². The molecule has 4 aromatic heterocycles. The molecule has 0 saturated heterocycles. The van der Waals surface area contributed by atoms with Crippen molar-refractivity contribution in [2.45, 2.75) is 98.2 Å². The van der Waals surface area contributed by atoms with Crippen LogP contribution in [0.2, 0.25) is 0 Å². The maximum Gasteiger partial charge on any atom is 0.337 e. The summed E-state index contributed by atoms with van der Waals surface area (Å²) >= 11 is 0. The van der Waals surface area contributed by atoms with Crippen LogP contribution < -0.4 is 20.4 Å². The Morgan fingerprint density at radius 1 is 1.00 bits per heavy atom. The van der Waals surface area contributed by atoms with Crippen molar-refractivity contribution in [1.29, 1.82) is 0 Å². The zero-order chi connectivity index (χ0) is 40.2. The highest BCUT2D eigenvalue weighted by Gasteiger charge is 2.33. The van der Waals surface area contributed by atoms with Crippen molar-refractivity contribution in [3.05, 3.63) is 106 Å². The lowest BCUT2D eigenvalue weighted by Crippen LogP contribution is -2.37. The predicted octanol–water partition coefficient (Wildman–Crippen LogP) is 7.95. The Morgan fingerprint density at radius 2 is 1.81 bits per heavy atom. The topological polar surface area (TPSA) is 153 Å². The third-order valence-electron chi connectivity index (χ3n) is 11.3. The van der Waals surface area contributed by atoms with Crippen LogP contribution in [-0.2, 0) is 40.0 Å². The quantitative estimate of drug-likeness (QED) is 0.125. The number of aromatic nitrogens is 4. The second-order valence-corrected chi connectivity index (χ2v) is 16.3. The third-order valence-corrected chi connectivity index (χ3v) is 11.3. The molecule has 1 aliphatic heterocycles. The molecule has 11 nitrogen and oxygen atoms in total. The first-order valence-electron chi connectivity index (χ1n) is 19.8. The monoisotopic (exact) mass is 765 g/mol. The lowest BCUT2D eigenvalue weighted by atomic mass is 9.86. The van der Waals surface area contributed by atoms with Crippen molar-refractivity contribution in [1.82, 2.24) is 15.0 Å². The van der Waals surface area contributed by atoms with Crippen molar-refractivity contribution < 1.29 is 28.7 Å². The number of pyridine rings is 4. The number of carbonyl (C=O) groups is 2. The first kappa shape index (κ1) is 38.0. The van der Waals surface area contributed by atoms with Crippen LogP contribution in [0.15, 0.2) is 60.9 Å². The van der Waals surface area contributed by atoms with Gasteiger partial charge in [-0.2, -0.15) is 4.57 Å². The Balaban J connectivity index is 1.13. The van der Waals surface area contributed by atoms with E-state index in [4.69, 9.17) is 25.2 Å². The minimum Gasteiger partial charge on any atom is -0.493 e. The number of carbonyl (C=O) groups excluding carboxylic acids is 1. The molecule has 0 spiro atoms. The summed E-state index contributed by atoms with van der Waals surface area (Å²) in [6.07, 6.45) is 8.55. The van der Waals surface area contributed by atoms with Gasteiger partial charge in [0.25, 0.3) is 0 Å². The molecule has 292 valence electrons. The number of anilines is 2. The number of rotatable bonds is 9. The number of benzene rings is 2. The Labute approximate surface area is 332 Å². The number of fused-ring (bicyclic) bond motifs is 2. The smallest absolute Gasteiger partial charge is 0.337 e. The minimum atomic E-state index is -1.27. The molecule has 1 aliphatic carbocycles. The van der Waals surface area contributed by atoms with Crippen molar-refractivity contribution in [3.8, 4) is 22.6 Å². The molecule has 1 atom stereocenters. The Hall–Kier alpha value is -5.94. The van der Waals surface area contributed by atoms with Crippen molar-refractivity contribution >= 4 is 45.3 Å².